The average molecular weight is 527 g/mol. The van der Waals surface area contributed by atoms with Gasteiger partial charge in [-0.1, -0.05) is 116 Å². The largest absolute Gasteiger partial charge is 0.466 e. The van der Waals surface area contributed by atoms with Crippen LogP contribution < -0.4 is 0 Å². The van der Waals surface area contributed by atoms with Crippen molar-refractivity contribution in [2.24, 2.45) is 11.8 Å². The van der Waals surface area contributed by atoms with E-state index in [1.165, 1.54) is 121 Å². The minimum Gasteiger partial charge on any atom is -0.394 e. The number of rotatable bonds is 20. The van der Waals surface area contributed by atoms with Gasteiger partial charge in [0.05, 0.1) is 12.7 Å². The van der Waals surface area contributed by atoms with Gasteiger partial charge >= 0.3 is 7.82 Å². The van der Waals surface area contributed by atoms with Crippen molar-refractivity contribution in [1.82, 2.24) is 0 Å². The molecule has 0 aromatic carbocycles. The van der Waals surface area contributed by atoms with Gasteiger partial charge in [0.25, 0.3) is 0 Å². The second kappa shape index (κ2) is 23.8. The molecule has 1 saturated carbocycles. The van der Waals surface area contributed by atoms with Gasteiger partial charge in [-0.15, -0.1) is 0 Å². The Balaban J connectivity index is 0.00000196. The monoisotopic (exact) mass is 526 g/mol. The highest BCUT2D eigenvalue weighted by Gasteiger charge is 2.20. The molecule has 0 heterocycles. The van der Waals surface area contributed by atoms with E-state index in [9.17, 15) is 0 Å². The van der Waals surface area contributed by atoms with E-state index in [1.807, 2.05) is 11.8 Å². The lowest BCUT2D eigenvalue weighted by atomic mass is 9.78. The fraction of sp³-hybridized carbons (Fsp3) is 1.00. The molecular formula is C26H55O6PS. The van der Waals surface area contributed by atoms with Crippen LogP contribution in [0.1, 0.15) is 122 Å². The summed E-state index contributed by atoms with van der Waals surface area (Å²) in [4.78, 5) is 21.6. The maximum absolute atomic E-state index is 9.09. The fourth-order valence-corrected chi connectivity index (χ4v) is 5.86. The molecule has 6 nitrogen and oxygen atoms in total. The van der Waals surface area contributed by atoms with Gasteiger partial charge in [0.15, 0.2) is 0 Å². The predicted octanol–water partition coefficient (Wildman–Crippen LogP) is 7.09. The van der Waals surface area contributed by atoms with Crippen LogP contribution in [0.2, 0.25) is 0 Å². The van der Waals surface area contributed by atoms with Gasteiger partial charge in [-0.05, 0) is 24.0 Å². The summed E-state index contributed by atoms with van der Waals surface area (Å²) in [7, 11) is -2.95. The zero-order valence-corrected chi connectivity index (χ0v) is 23.8. The smallest absolute Gasteiger partial charge is 0.394 e. The van der Waals surface area contributed by atoms with Crippen LogP contribution in [0.15, 0.2) is 0 Å². The first-order chi connectivity index (χ1) is 16.3. The third-order valence-corrected chi connectivity index (χ3v) is 8.11. The maximum atomic E-state index is 9.09. The van der Waals surface area contributed by atoms with E-state index >= 15 is 0 Å². The van der Waals surface area contributed by atoms with Crippen LogP contribution in [-0.4, -0.2) is 51.1 Å². The normalized spacial score (nSPS) is 19.5. The molecule has 1 unspecified atom stereocenters. The molecule has 0 radical (unpaired) electrons. The second-order valence-corrected chi connectivity index (χ2v) is 12.2. The Bertz CT molecular complexity index is 456. The SMILES string of the molecule is CCCCCCCCC1CCC(CCCCCCCCSCC(CO)OC)CC1.O=P(O)(O)O. The van der Waals surface area contributed by atoms with Crippen LogP contribution in [0.25, 0.3) is 0 Å². The molecule has 206 valence electrons. The molecule has 4 N–H and O–H groups in total. The van der Waals surface area contributed by atoms with Gasteiger partial charge in [0.1, 0.15) is 0 Å². The van der Waals surface area contributed by atoms with E-state index in [4.69, 9.17) is 29.1 Å². The molecular weight excluding hydrogens is 471 g/mol. The molecule has 0 amide bonds. The number of aliphatic hydroxyl groups is 1. The summed E-state index contributed by atoms with van der Waals surface area (Å²) >= 11 is 1.92. The summed E-state index contributed by atoms with van der Waals surface area (Å²) < 4.78 is 14.1. The molecule has 0 aliphatic heterocycles. The topological polar surface area (TPSA) is 107 Å². The molecule has 34 heavy (non-hydrogen) atoms. The molecule has 0 spiro atoms. The van der Waals surface area contributed by atoms with E-state index in [0.717, 1.165) is 17.6 Å². The molecule has 1 rings (SSSR count). The van der Waals surface area contributed by atoms with E-state index in [1.54, 1.807) is 7.11 Å². The zero-order valence-electron chi connectivity index (χ0n) is 22.0. The Labute approximate surface area is 214 Å². The minimum absolute atomic E-state index is 0.0191. The van der Waals surface area contributed by atoms with Crippen molar-refractivity contribution in [2.45, 2.75) is 129 Å². The first-order valence-electron chi connectivity index (χ1n) is 13.8. The Morgan fingerprint density at radius 1 is 0.794 bits per heavy atom. The number of aliphatic hydroxyl groups excluding tert-OH is 1. The molecule has 8 heteroatoms. The molecule has 1 fully saturated rings. The molecule has 0 saturated heterocycles. The van der Waals surface area contributed by atoms with Crippen LogP contribution in [0.4, 0.5) is 0 Å². The Hall–Kier alpha value is 0.380. The minimum atomic E-state index is -4.64. The lowest BCUT2D eigenvalue weighted by molar-refractivity contribution is 0.0656. The van der Waals surface area contributed by atoms with Crippen LogP contribution in [0.5, 0.6) is 0 Å². The third kappa shape index (κ3) is 25.5. The highest BCUT2D eigenvalue weighted by molar-refractivity contribution is 7.99. The van der Waals surface area contributed by atoms with Crippen LogP contribution in [0.3, 0.4) is 0 Å². The predicted molar refractivity (Wildman–Crippen MR) is 145 cm³/mol. The summed E-state index contributed by atoms with van der Waals surface area (Å²) in [6.45, 7) is 2.45. The number of thioether (sulfide) groups is 1. The summed E-state index contributed by atoms with van der Waals surface area (Å²) in [5, 5.41) is 9.09. The number of methoxy groups -OCH3 is 1. The third-order valence-electron chi connectivity index (χ3n) is 6.92. The zero-order chi connectivity index (χ0) is 25.5. The van der Waals surface area contributed by atoms with E-state index in [2.05, 4.69) is 6.92 Å². The average Bonchev–Trinajstić information content (AvgIpc) is 2.80. The van der Waals surface area contributed by atoms with Gasteiger partial charge in [-0.3, -0.25) is 0 Å². The molecule has 0 bridgehead atoms. The number of ether oxygens (including phenoxy) is 1. The highest BCUT2D eigenvalue weighted by Crippen LogP contribution is 2.34. The molecule has 0 aromatic rings. The van der Waals surface area contributed by atoms with E-state index < -0.39 is 7.82 Å². The van der Waals surface area contributed by atoms with Crippen molar-refractivity contribution >= 4 is 19.6 Å². The molecule has 1 aliphatic carbocycles. The van der Waals surface area contributed by atoms with Crippen molar-refractivity contribution in [3.05, 3.63) is 0 Å². The molecule has 1 atom stereocenters. The summed E-state index contributed by atoms with van der Waals surface area (Å²) in [5.74, 6) is 4.25. The Morgan fingerprint density at radius 2 is 1.21 bits per heavy atom. The van der Waals surface area contributed by atoms with Crippen LogP contribution in [0, 0.1) is 11.8 Å². The summed E-state index contributed by atoms with van der Waals surface area (Å²) in [6, 6.07) is 0. The van der Waals surface area contributed by atoms with E-state index in [0.29, 0.717) is 0 Å². The molecule has 1 aliphatic rings. The maximum Gasteiger partial charge on any atom is 0.466 e. The number of hydrogen-bond donors (Lipinski definition) is 4. The highest BCUT2D eigenvalue weighted by atomic mass is 32.2. The van der Waals surface area contributed by atoms with Crippen LogP contribution in [-0.2, 0) is 9.30 Å². The Kier molecular flexibility index (Phi) is 24.0. The van der Waals surface area contributed by atoms with Crippen molar-refractivity contribution in [1.29, 1.82) is 0 Å². The lowest BCUT2D eigenvalue weighted by Crippen LogP contribution is -2.18. The van der Waals surface area contributed by atoms with Crippen LogP contribution >= 0.6 is 19.6 Å². The quantitative estimate of drug-likeness (QED) is 0.0991. The lowest BCUT2D eigenvalue weighted by Gasteiger charge is -2.28. The van der Waals surface area contributed by atoms with Crippen molar-refractivity contribution < 1.29 is 29.1 Å². The fourth-order valence-electron chi connectivity index (χ4n) is 4.78. The van der Waals surface area contributed by atoms with Gasteiger partial charge in [0, 0.05) is 12.9 Å². The van der Waals surface area contributed by atoms with Gasteiger partial charge < -0.3 is 24.5 Å². The molecule has 0 aromatic heterocycles. The van der Waals surface area contributed by atoms with Gasteiger partial charge in [-0.25, -0.2) is 4.57 Å². The number of hydrogen-bond acceptors (Lipinski definition) is 4. The van der Waals surface area contributed by atoms with Gasteiger partial charge in [-0.2, -0.15) is 11.8 Å². The Morgan fingerprint density at radius 3 is 1.62 bits per heavy atom. The van der Waals surface area contributed by atoms with Crippen molar-refractivity contribution in [2.75, 3.05) is 25.2 Å². The second-order valence-electron chi connectivity index (χ2n) is 9.98. The van der Waals surface area contributed by atoms with Crippen molar-refractivity contribution in [3.8, 4) is 0 Å². The summed E-state index contributed by atoms with van der Waals surface area (Å²) in [5.41, 5.74) is 0. The number of unbranched alkanes of at least 4 members (excludes halogenated alkanes) is 10. The summed E-state index contributed by atoms with van der Waals surface area (Å²) in [6.07, 6.45) is 26.3. The first kappa shape index (κ1) is 34.4. The number of phosphoric acid groups is 1. The first-order valence-corrected chi connectivity index (χ1v) is 16.5. The van der Waals surface area contributed by atoms with E-state index in [-0.39, 0.29) is 12.7 Å². The standard InChI is InChI=1S/C26H52O2S.H3O4P/c1-3-4-5-6-9-12-15-24-17-19-25(20-18-24)16-13-10-7-8-11-14-21-29-23-26(22-27)28-2;1-5(2,3)4/h24-27H,3-23H2,1-2H3;(H3,1,2,3,4). The van der Waals surface area contributed by atoms with Crippen molar-refractivity contribution in [3.63, 3.8) is 0 Å². The van der Waals surface area contributed by atoms with Gasteiger partial charge in [0.2, 0.25) is 0 Å².